The van der Waals surface area contributed by atoms with Crippen molar-refractivity contribution in [2.75, 3.05) is 13.1 Å². The van der Waals surface area contributed by atoms with Gasteiger partial charge in [-0.25, -0.2) is 0 Å². The maximum Gasteiger partial charge on any atom is 0.119 e. The van der Waals surface area contributed by atoms with Crippen LogP contribution < -0.4 is 5.32 Å². The monoisotopic (exact) mass is 327 g/mol. The number of fused-ring (bicyclic) bond motifs is 5. The maximum absolute atomic E-state index is 10.7. The summed E-state index contributed by atoms with van der Waals surface area (Å²) < 4.78 is 0. The zero-order valence-electron chi connectivity index (χ0n) is 16.0. The van der Waals surface area contributed by atoms with E-state index in [0.717, 1.165) is 25.4 Å². The first kappa shape index (κ1) is 16.4. The second kappa shape index (κ2) is 5.00. The molecule has 0 bridgehead atoms. The molecule has 4 rings (SSSR count). The zero-order chi connectivity index (χ0) is 17.3. The van der Waals surface area contributed by atoms with Crippen molar-refractivity contribution in [2.45, 2.75) is 65.7 Å². The Morgan fingerprint density at radius 3 is 2.58 bits per heavy atom. The van der Waals surface area contributed by atoms with E-state index >= 15 is 0 Å². The van der Waals surface area contributed by atoms with Crippen LogP contribution in [0.1, 0.15) is 63.6 Å². The lowest BCUT2D eigenvalue weighted by molar-refractivity contribution is -0.0569. The molecule has 2 fully saturated rings. The highest BCUT2D eigenvalue weighted by molar-refractivity contribution is 5.52. The SMILES string of the molecule is Cc1cc(O)c2c(c1)CC1C2(C)CCC2C(C)(C)CNCCC21C. The summed E-state index contributed by atoms with van der Waals surface area (Å²) in [6.45, 7) is 14.3. The van der Waals surface area contributed by atoms with Crippen LogP contribution in [0.5, 0.6) is 5.75 Å². The van der Waals surface area contributed by atoms with Crippen LogP contribution in [-0.2, 0) is 11.8 Å². The molecule has 2 aliphatic carbocycles. The highest BCUT2D eigenvalue weighted by atomic mass is 16.3. The van der Waals surface area contributed by atoms with Crippen LogP contribution in [0.3, 0.4) is 0 Å². The number of benzene rings is 1. The summed E-state index contributed by atoms with van der Waals surface area (Å²) in [6.07, 6.45) is 4.90. The summed E-state index contributed by atoms with van der Waals surface area (Å²) in [4.78, 5) is 0. The van der Waals surface area contributed by atoms with Gasteiger partial charge in [-0.05, 0) is 79.0 Å². The van der Waals surface area contributed by atoms with Gasteiger partial charge in [0.1, 0.15) is 5.75 Å². The normalized spacial score (nSPS) is 40.4. The number of hydrogen-bond acceptors (Lipinski definition) is 2. The predicted octanol–water partition coefficient (Wildman–Crippen LogP) is 4.57. The van der Waals surface area contributed by atoms with E-state index in [-0.39, 0.29) is 5.41 Å². The van der Waals surface area contributed by atoms with Gasteiger partial charge in [-0.2, -0.15) is 0 Å². The molecular formula is C22H33NO. The summed E-state index contributed by atoms with van der Waals surface area (Å²) in [5.74, 6) is 1.95. The highest BCUT2D eigenvalue weighted by Crippen LogP contribution is 2.66. The third-order valence-corrected chi connectivity index (χ3v) is 8.02. The molecule has 2 nitrogen and oxygen atoms in total. The number of hydrogen-bond donors (Lipinski definition) is 2. The van der Waals surface area contributed by atoms with Gasteiger partial charge in [0.15, 0.2) is 0 Å². The van der Waals surface area contributed by atoms with Crippen molar-refractivity contribution < 1.29 is 5.11 Å². The molecule has 132 valence electrons. The Labute approximate surface area is 147 Å². The van der Waals surface area contributed by atoms with E-state index in [0.29, 0.717) is 22.5 Å². The van der Waals surface area contributed by atoms with Gasteiger partial charge in [0.25, 0.3) is 0 Å². The third-order valence-electron chi connectivity index (χ3n) is 8.02. The van der Waals surface area contributed by atoms with Crippen LogP contribution in [0.4, 0.5) is 0 Å². The number of phenols is 1. The molecule has 0 radical (unpaired) electrons. The highest BCUT2D eigenvalue weighted by Gasteiger charge is 2.60. The first-order valence-electron chi connectivity index (χ1n) is 9.72. The largest absolute Gasteiger partial charge is 0.508 e. The molecule has 2 heteroatoms. The minimum atomic E-state index is 0.138. The van der Waals surface area contributed by atoms with E-state index in [1.807, 2.05) is 6.07 Å². The summed E-state index contributed by atoms with van der Waals surface area (Å²) in [5.41, 5.74) is 4.71. The minimum Gasteiger partial charge on any atom is -0.508 e. The average Bonchev–Trinajstić information content (AvgIpc) is 2.71. The van der Waals surface area contributed by atoms with E-state index < -0.39 is 0 Å². The topological polar surface area (TPSA) is 32.3 Å². The first-order chi connectivity index (χ1) is 11.2. The Hall–Kier alpha value is -1.02. The summed E-state index contributed by atoms with van der Waals surface area (Å²) in [7, 11) is 0. The van der Waals surface area contributed by atoms with E-state index in [1.165, 1.54) is 36.0 Å². The average molecular weight is 328 g/mol. The second-order valence-corrected chi connectivity index (χ2v) is 10.0. The van der Waals surface area contributed by atoms with Gasteiger partial charge >= 0.3 is 0 Å². The smallest absolute Gasteiger partial charge is 0.119 e. The van der Waals surface area contributed by atoms with Crippen molar-refractivity contribution in [3.63, 3.8) is 0 Å². The number of rotatable bonds is 0. The van der Waals surface area contributed by atoms with Gasteiger partial charge < -0.3 is 10.4 Å². The Balaban J connectivity index is 1.84. The van der Waals surface area contributed by atoms with Crippen molar-refractivity contribution >= 4 is 0 Å². The molecule has 0 spiro atoms. The molecule has 1 heterocycles. The molecule has 1 saturated heterocycles. The quantitative estimate of drug-likeness (QED) is 0.732. The molecule has 24 heavy (non-hydrogen) atoms. The van der Waals surface area contributed by atoms with Gasteiger partial charge in [0.05, 0.1) is 0 Å². The molecule has 4 atom stereocenters. The lowest BCUT2D eigenvalue weighted by Gasteiger charge is -2.57. The van der Waals surface area contributed by atoms with Gasteiger partial charge in [0.2, 0.25) is 0 Å². The number of aryl methyl sites for hydroxylation is 1. The van der Waals surface area contributed by atoms with E-state index in [2.05, 4.69) is 46.0 Å². The lowest BCUT2D eigenvalue weighted by Crippen LogP contribution is -2.53. The maximum atomic E-state index is 10.7. The molecule has 2 N–H and O–H groups in total. The molecule has 1 aromatic rings. The van der Waals surface area contributed by atoms with Crippen LogP contribution in [0.25, 0.3) is 0 Å². The standard InChI is InChI=1S/C22H33NO/c1-14-10-15-12-18-21(4)8-9-23-13-20(2,3)17(21)6-7-22(18,5)19(15)16(24)11-14/h10-11,17-18,23-24H,6-9,12-13H2,1-5H3. The van der Waals surface area contributed by atoms with E-state index in [4.69, 9.17) is 0 Å². The van der Waals surface area contributed by atoms with Crippen LogP contribution in [0.15, 0.2) is 12.1 Å². The van der Waals surface area contributed by atoms with Gasteiger partial charge in [-0.1, -0.05) is 33.8 Å². The third kappa shape index (κ3) is 2.05. The molecule has 1 aromatic carbocycles. The Morgan fingerprint density at radius 2 is 1.83 bits per heavy atom. The predicted molar refractivity (Wildman–Crippen MR) is 99.5 cm³/mol. The summed E-state index contributed by atoms with van der Waals surface area (Å²) in [5, 5.41) is 14.4. The Morgan fingerprint density at radius 1 is 1.08 bits per heavy atom. The van der Waals surface area contributed by atoms with E-state index in [9.17, 15) is 5.11 Å². The van der Waals surface area contributed by atoms with Crippen LogP contribution in [0.2, 0.25) is 0 Å². The van der Waals surface area contributed by atoms with Crippen molar-refractivity contribution in [1.82, 2.24) is 5.32 Å². The number of aromatic hydroxyl groups is 1. The van der Waals surface area contributed by atoms with E-state index in [1.54, 1.807) is 0 Å². The van der Waals surface area contributed by atoms with Crippen LogP contribution in [-0.4, -0.2) is 18.2 Å². The molecule has 0 aromatic heterocycles. The zero-order valence-corrected chi connectivity index (χ0v) is 16.0. The van der Waals surface area contributed by atoms with Gasteiger partial charge in [0, 0.05) is 17.5 Å². The number of phenolic OH excluding ortho intramolecular Hbond substituents is 1. The molecule has 1 aliphatic heterocycles. The Kier molecular flexibility index (Phi) is 3.43. The van der Waals surface area contributed by atoms with Crippen molar-refractivity contribution in [2.24, 2.45) is 22.7 Å². The first-order valence-corrected chi connectivity index (χ1v) is 9.72. The van der Waals surface area contributed by atoms with Crippen molar-refractivity contribution in [3.8, 4) is 5.75 Å². The fourth-order valence-corrected chi connectivity index (χ4v) is 7.08. The van der Waals surface area contributed by atoms with Crippen LogP contribution >= 0.6 is 0 Å². The summed E-state index contributed by atoms with van der Waals surface area (Å²) >= 11 is 0. The second-order valence-electron chi connectivity index (χ2n) is 10.0. The van der Waals surface area contributed by atoms with Gasteiger partial charge in [-0.15, -0.1) is 0 Å². The molecule has 0 amide bonds. The van der Waals surface area contributed by atoms with Crippen LogP contribution in [0, 0.1) is 29.6 Å². The minimum absolute atomic E-state index is 0.138. The molecule has 4 unspecified atom stereocenters. The van der Waals surface area contributed by atoms with Crippen molar-refractivity contribution in [3.05, 3.63) is 28.8 Å². The molecule has 3 aliphatic rings. The van der Waals surface area contributed by atoms with Crippen molar-refractivity contribution in [1.29, 1.82) is 0 Å². The molecular weight excluding hydrogens is 294 g/mol. The number of nitrogens with one attached hydrogen (secondary N) is 1. The van der Waals surface area contributed by atoms with Gasteiger partial charge in [-0.3, -0.25) is 0 Å². The Bertz CT molecular complexity index is 679. The molecule has 1 saturated carbocycles. The fourth-order valence-electron chi connectivity index (χ4n) is 7.08. The fraction of sp³-hybridized carbons (Fsp3) is 0.727. The lowest BCUT2D eigenvalue weighted by atomic mass is 9.47. The summed E-state index contributed by atoms with van der Waals surface area (Å²) in [6, 6.07) is 4.30.